The maximum absolute atomic E-state index is 12.9. The van der Waals surface area contributed by atoms with Crippen LogP contribution >= 0.6 is 11.8 Å². The summed E-state index contributed by atoms with van der Waals surface area (Å²) in [5, 5.41) is 0.522. The molecule has 5 rings (SSSR count). The van der Waals surface area contributed by atoms with Gasteiger partial charge in [0.15, 0.2) is 22.1 Å². The standard InChI is InChI=1S/C25H24F3N5O2S/c26-25(27,28)35-18-10-11-19(34-17-8-4-5-9-17)20(14-18)36-24-32-21-22(29)30-15-31-23(21)33(24)13-12-16-6-2-1-3-7-16/h1-3,6-7,10-11,14-15,17H,4-5,8-9,12-13H2,(H2,29,30,31). The first-order valence-corrected chi connectivity index (χ1v) is 12.4. The van der Waals surface area contributed by atoms with Gasteiger partial charge in [-0.2, -0.15) is 0 Å². The highest BCUT2D eigenvalue weighted by molar-refractivity contribution is 7.99. The number of benzene rings is 2. The first-order valence-electron chi connectivity index (χ1n) is 11.6. The van der Waals surface area contributed by atoms with Gasteiger partial charge in [-0.1, -0.05) is 30.3 Å². The molecule has 2 heterocycles. The van der Waals surface area contributed by atoms with Crippen LogP contribution in [0.15, 0.2) is 64.9 Å². The maximum atomic E-state index is 12.9. The van der Waals surface area contributed by atoms with E-state index in [2.05, 4.69) is 19.7 Å². The summed E-state index contributed by atoms with van der Waals surface area (Å²) in [6, 6.07) is 14.1. The second-order valence-electron chi connectivity index (χ2n) is 8.50. The average molecular weight is 516 g/mol. The quantitative estimate of drug-likeness (QED) is 0.307. The number of nitrogen functional groups attached to an aromatic ring is 1. The van der Waals surface area contributed by atoms with Crippen molar-refractivity contribution in [3.63, 3.8) is 0 Å². The van der Waals surface area contributed by atoms with Gasteiger partial charge in [-0.25, -0.2) is 15.0 Å². The molecule has 1 aliphatic carbocycles. The zero-order valence-corrected chi connectivity index (χ0v) is 20.1. The van der Waals surface area contributed by atoms with Crippen LogP contribution in [-0.2, 0) is 13.0 Å². The molecule has 36 heavy (non-hydrogen) atoms. The van der Waals surface area contributed by atoms with E-state index >= 15 is 0 Å². The molecule has 0 aliphatic heterocycles. The molecular formula is C25H24F3N5O2S. The first-order chi connectivity index (χ1) is 17.4. The Morgan fingerprint density at radius 3 is 2.58 bits per heavy atom. The van der Waals surface area contributed by atoms with Crippen LogP contribution in [0.25, 0.3) is 11.2 Å². The Hall–Kier alpha value is -3.47. The summed E-state index contributed by atoms with van der Waals surface area (Å²) in [6.07, 6.45) is 1.25. The van der Waals surface area contributed by atoms with Crippen LogP contribution in [-0.4, -0.2) is 32.0 Å². The van der Waals surface area contributed by atoms with Gasteiger partial charge in [0.25, 0.3) is 0 Å². The van der Waals surface area contributed by atoms with Crippen molar-refractivity contribution in [1.82, 2.24) is 19.5 Å². The monoisotopic (exact) mass is 515 g/mol. The lowest BCUT2D eigenvalue weighted by atomic mass is 10.1. The van der Waals surface area contributed by atoms with Crippen molar-refractivity contribution in [3.05, 3.63) is 60.4 Å². The predicted octanol–water partition coefficient (Wildman–Crippen LogP) is 6.02. The summed E-state index contributed by atoms with van der Waals surface area (Å²) in [5.41, 5.74) is 8.19. The molecule has 2 aromatic heterocycles. The van der Waals surface area contributed by atoms with Gasteiger partial charge < -0.3 is 19.8 Å². The molecule has 1 aliphatic rings. The smallest absolute Gasteiger partial charge is 0.489 e. The van der Waals surface area contributed by atoms with E-state index in [1.54, 1.807) is 0 Å². The zero-order chi connectivity index (χ0) is 25.1. The number of nitrogens with two attached hydrogens (primary N) is 1. The van der Waals surface area contributed by atoms with Crippen molar-refractivity contribution in [2.75, 3.05) is 5.73 Å². The van der Waals surface area contributed by atoms with Gasteiger partial charge in [-0.05, 0) is 67.6 Å². The number of aromatic nitrogens is 4. The van der Waals surface area contributed by atoms with Crippen LogP contribution in [0.2, 0.25) is 0 Å². The third-order valence-corrected chi connectivity index (χ3v) is 6.97. The summed E-state index contributed by atoms with van der Waals surface area (Å²) in [4.78, 5) is 13.5. The van der Waals surface area contributed by atoms with Gasteiger partial charge in [0, 0.05) is 6.54 Å². The Morgan fingerprint density at radius 2 is 1.83 bits per heavy atom. The minimum absolute atomic E-state index is 0.0251. The van der Waals surface area contributed by atoms with Crippen LogP contribution in [0.3, 0.4) is 0 Å². The Kier molecular flexibility index (Phi) is 6.90. The fourth-order valence-electron chi connectivity index (χ4n) is 4.25. The number of rotatable bonds is 8. The first kappa shape index (κ1) is 24.2. The van der Waals surface area contributed by atoms with Crippen molar-refractivity contribution < 1.29 is 22.6 Å². The van der Waals surface area contributed by atoms with Gasteiger partial charge >= 0.3 is 6.36 Å². The number of anilines is 1. The van der Waals surface area contributed by atoms with Crippen LogP contribution in [0.1, 0.15) is 31.2 Å². The normalized spacial score (nSPS) is 14.4. The molecule has 0 spiro atoms. The summed E-state index contributed by atoms with van der Waals surface area (Å²) in [5.74, 6) is 0.397. The highest BCUT2D eigenvalue weighted by Crippen LogP contribution is 2.41. The minimum Gasteiger partial charge on any atom is -0.489 e. The summed E-state index contributed by atoms with van der Waals surface area (Å²) in [7, 11) is 0. The largest absolute Gasteiger partial charge is 0.573 e. The van der Waals surface area contributed by atoms with E-state index < -0.39 is 6.36 Å². The molecule has 1 saturated carbocycles. The number of hydrogen-bond acceptors (Lipinski definition) is 7. The van der Waals surface area contributed by atoms with Gasteiger partial charge in [-0.3, -0.25) is 0 Å². The number of hydrogen-bond donors (Lipinski definition) is 1. The second-order valence-corrected chi connectivity index (χ2v) is 9.50. The van der Waals surface area contributed by atoms with Crippen molar-refractivity contribution in [3.8, 4) is 11.5 Å². The van der Waals surface area contributed by atoms with E-state index in [0.29, 0.717) is 39.9 Å². The topological polar surface area (TPSA) is 88.1 Å². The number of alkyl halides is 3. The zero-order valence-electron chi connectivity index (χ0n) is 19.2. The predicted molar refractivity (Wildman–Crippen MR) is 130 cm³/mol. The van der Waals surface area contributed by atoms with Crippen molar-refractivity contribution >= 4 is 28.7 Å². The Balaban J connectivity index is 1.52. The molecular weight excluding hydrogens is 491 g/mol. The second kappa shape index (κ2) is 10.3. The molecule has 0 unspecified atom stereocenters. The lowest BCUT2D eigenvalue weighted by Crippen LogP contribution is -2.17. The number of imidazole rings is 1. The number of nitrogens with zero attached hydrogens (tertiary/aromatic N) is 4. The lowest BCUT2D eigenvalue weighted by Gasteiger charge is -2.18. The highest BCUT2D eigenvalue weighted by Gasteiger charge is 2.32. The van der Waals surface area contributed by atoms with Crippen LogP contribution in [0, 0.1) is 0 Å². The van der Waals surface area contributed by atoms with Crippen LogP contribution in [0.5, 0.6) is 11.5 Å². The third-order valence-electron chi connectivity index (χ3n) is 5.94. The Bertz CT molecular complexity index is 1340. The minimum atomic E-state index is -4.80. The molecule has 4 aromatic rings. The van der Waals surface area contributed by atoms with Gasteiger partial charge in [0.05, 0.1) is 11.0 Å². The fraction of sp³-hybridized carbons (Fsp3) is 0.320. The molecule has 1 fully saturated rings. The van der Waals surface area contributed by atoms with Gasteiger partial charge in [0.1, 0.15) is 17.8 Å². The van der Waals surface area contributed by atoms with Crippen LogP contribution in [0.4, 0.5) is 19.0 Å². The molecule has 0 bridgehead atoms. The fourth-order valence-corrected chi connectivity index (χ4v) is 5.26. The number of halogens is 3. The van der Waals surface area contributed by atoms with Crippen molar-refractivity contribution in [2.24, 2.45) is 0 Å². The molecule has 0 saturated heterocycles. The Labute approximate surface area is 209 Å². The van der Waals surface area contributed by atoms with Crippen molar-refractivity contribution in [1.29, 1.82) is 0 Å². The number of ether oxygens (including phenoxy) is 2. The van der Waals surface area contributed by atoms with Crippen molar-refractivity contribution in [2.45, 2.75) is 61.2 Å². The van der Waals surface area contributed by atoms with E-state index in [9.17, 15) is 13.2 Å². The molecule has 0 atom stereocenters. The third kappa shape index (κ3) is 5.67. The van der Waals surface area contributed by atoms with E-state index in [4.69, 9.17) is 10.5 Å². The van der Waals surface area contributed by atoms with E-state index in [1.165, 1.54) is 36.3 Å². The molecule has 188 valence electrons. The Morgan fingerprint density at radius 1 is 1.06 bits per heavy atom. The highest BCUT2D eigenvalue weighted by atomic mass is 32.2. The SMILES string of the molecule is Nc1ncnc2c1nc(Sc1cc(OC(F)(F)F)ccc1OC1CCCC1)n2CCc1ccccc1. The molecule has 0 radical (unpaired) electrons. The van der Waals surface area contributed by atoms with Gasteiger partial charge in [-0.15, -0.1) is 13.2 Å². The van der Waals surface area contributed by atoms with E-state index in [1.807, 2.05) is 34.9 Å². The summed E-state index contributed by atoms with van der Waals surface area (Å²) >= 11 is 1.19. The van der Waals surface area contributed by atoms with E-state index in [-0.39, 0.29) is 17.7 Å². The number of aryl methyl sites for hydroxylation is 2. The number of fused-ring (bicyclic) bond motifs is 1. The molecule has 11 heteroatoms. The molecule has 2 N–H and O–H groups in total. The lowest BCUT2D eigenvalue weighted by molar-refractivity contribution is -0.274. The van der Waals surface area contributed by atoms with E-state index in [0.717, 1.165) is 31.2 Å². The summed E-state index contributed by atoms with van der Waals surface area (Å²) in [6.45, 7) is 0.539. The molecule has 2 aromatic carbocycles. The van der Waals surface area contributed by atoms with Gasteiger partial charge in [0.2, 0.25) is 0 Å². The average Bonchev–Trinajstić information content (AvgIpc) is 3.47. The summed E-state index contributed by atoms with van der Waals surface area (Å²) < 4.78 is 51.1. The molecule has 7 nitrogen and oxygen atoms in total. The maximum Gasteiger partial charge on any atom is 0.573 e. The molecule has 0 amide bonds. The van der Waals surface area contributed by atoms with Crippen LogP contribution < -0.4 is 15.2 Å².